The van der Waals surface area contributed by atoms with E-state index in [4.69, 9.17) is 21.1 Å². The van der Waals surface area contributed by atoms with Crippen LogP contribution in [0.25, 0.3) is 16.8 Å². The SMILES string of the molecule is CCOc1cc(/C=C2\SC(=O)N(CC(=O)Nc3cccc(C(F)(F)F)c3)C2=O)cc(Cl)c1OCc1ccc2ccccc2c1. The van der Waals surface area contributed by atoms with Gasteiger partial charge in [-0.3, -0.25) is 19.3 Å². The van der Waals surface area contributed by atoms with Crippen LogP contribution in [0.2, 0.25) is 5.02 Å². The first-order valence-electron chi connectivity index (χ1n) is 13.3. The van der Waals surface area contributed by atoms with E-state index in [9.17, 15) is 27.6 Å². The second-order valence-corrected chi connectivity index (χ2v) is 11.0. The van der Waals surface area contributed by atoms with Gasteiger partial charge in [0.1, 0.15) is 13.2 Å². The van der Waals surface area contributed by atoms with Crippen LogP contribution in [0.3, 0.4) is 0 Å². The first-order valence-corrected chi connectivity index (χ1v) is 14.5. The van der Waals surface area contributed by atoms with Crippen LogP contribution in [0.1, 0.15) is 23.6 Å². The number of amides is 3. The van der Waals surface area contributed by atoms with Crippen LogP contribution in [0.4, 0.5) is 23.7 Å². The van der Waals surface area contributed by atoms with Gasteiger partial charge >= 0.3 is 6.18 Å². The van der Waals surface area contributed by atoms with Gasteiger partial charge in [0.25, 0.3) is 11.1 Å². The highest BCUT2D eigenvalue weighted by molar-refractivity contribution is 8.18. The molecule has 1 aliphatic rings. The van der Waals surface area contributed by atoms with Crippen LogP contribution in [-0.4, -0.2) is 35.1 Å². The Labute approximate surface area is 259 Å². The summed E-state index contributed by atoms with van der Waals surface area (Å²) in [6.07, 6.45) is -3.15. The lowest BCUT2D eigenvalue weighted by molar-refractivity contribution is -0.137. The van der Waals surface area contributed by atoms with E-state index in [0.717, 1.165) is 34.5 Å². The maximum absolute atomic E-state index is 13.0. The van der Waals surface area contributed by atoms with Crippen molar-refractivity contribution in [1.29, 1.82) is 0 Å². The summed E-state index contributed by atoms with van der Waals surface area (Å²) in [4.78, 5) is 38.8. The lowest BCUT2D eigenvalue weighted by Gasteiger charge is -2.15. The lowest BCUT2D eigenvalue weighted by Crippen LogP contribution is -2.36. The Morgan fingerprint density at radius 1 is 0.977 bits per heavy atom. The van der Waals surface area contributed by atoms with Crippen LogP contribution in [0.5, 0.6) is 11.5 Å². The molecule has 7 nitrogen and oxygen atoms in total. The van der Waals surface area contributed by atoms with Crippen molar-refractivity contribution in [3.8, 4) is 11.5 Å². The number of carbonyl (C=O) groups is 3. The standard InChI is InChI=1S/C32H24ClF3N2O5S/c1-2-42-26-14-20(13-25(33)29(26)43-18-19-10-11-21-6-3-4-7-22(21)12-19)15-27-30(40)38(31(41)44-27)17-28(39)37-24-9-5-8-23(16-24)32(34,35)36/h3-16H,2,17-18H2,1H3,(H,37,39)/b27-15-. The van der Waals surface area contributed by atoms with Crippen LogP contribution < -0.4 is 14.8 Å². The molecule has 12 heteroatoms. The first-order chi connectivity index (χ1) is 21.0. The topological polar surface area (TPSA) is 84.9 Å². The monoisotopic (exact) mass is 640 g/mol. The Balaban J connectivity index is 1.29. The molecule has 0 saturated carbocycles. The van der Waals surface area contributed by atoms with E-state index in [2.05, 4.69) is 5.32 Å². The molecule has 4 aromatic rings. The van der Waals surface area contributed by atoms with Crippen molar-refractivity contribution in [3.63, 3.8) is 0 Å². The van der Waals surface area contributed by atoms with Gasteiger partial charge in [0.05, 0.1) is 22.1 Å². The minimum absolute atomic E-state index is 0.0326. The molecule has 0 atom stereocenters. The third kappa shape index (κ3) is 7.17. The largest absolute Gasteiger partial charge is 0.490 e. The number of thioether (sulfide) groups is 1. The van der Waals surface area contributed by atoms with Gasteiger partial charge in [-0.1, -0.05) is 54.1 Å². The highest BCUT2D eigenvalue weighted by Gasteiger charge is 2.36. The highest BCUT2D eigenvalue weighted by Crippen LogP contribution is 2.40. The van der Waals surface area contributed by atoms with Gasteiger partial charge in [-0.2, -0.15) is 13.2 Å². The molecule has 3 amide bonds. The van der Waals surface area contributed by atoms with E-state index < -0.39 is 35.3 Å². The summed E-state index contributed by atoms with van der Waals surface area (Å²) < 4.78 is 50.8. The second kappa shape index (κ2) is 13.0. The minimum Gasteiger partial charge on any atom is -0.490 e. The summed E-state index contributed by atoms with van der Waals surface area (Å²) in [5.74, 6) is -0.905. The maximum atomic E-state index is 13.0. The van der Waals surface area contributed by atoms with E-state index in [1.165, 1.54) is 12.1 Å². The van der Waals surface area contributed by atoms with Crippen LogP contribution >= 0.6 is 23.4 Å². The van der Waals surface area contributed by atoms with Crippen molar-refractivity contribution in [2.45, 2.75) is 19.7 Å². The third-order valence-electron chi connectivity index (χ3n) is 6.48. The summed E-state index contributed by atoms with van der Waals surface area (Å²) in [6.45, 7) is 1.66. The van der Waals surface area contributed by atoms with Crippen molar-refractivity contribution in [1.82, 2.24) is 4.90 Å². The molecule has 0 aliphatic carbocycles. The van der Waals surface area contributed by atoms with Crippen molar-refractivity contribution >= 4 is 63.0 Å². The van der Waals surface area contributed by atoms with Gasteiger partial charge in [0, 0.05) is 5.69 Å². The fourth-order valence-electron chi connectivity index (χ4n) is 4.46. The molecule has 0 bridgehead atoms. The fourth-order valence-corrected chi connectivity index (χ4v) is 5.58. The number of halogens is 4. The van der Waals surface area contributed by atoms with Gasteiger partial charge in [0.2, 0.25) is 5.91 Å². The number of nitrogens with zero attached hydrogens (tertiary/aromatic N) is 1. The molecule has 5 rings (SSSR count). The van der Waals surface area contributed by atoms with Gasteiger partial charge < -0.3 is 14.8 Å². The first kappa shape index (κ1) is 31.0. The second-order valence-electron chi connectivity index (χ2n) is 9.63. The van der Waals surface area contributed by atoms with Crippen molar-refractivity contribution < 1.29 is 37.0 Å². The maximum Gasteiger partial charge on any atom is 0.416 e. The Morgan fingerprint density at radius 2 is 1.75 bits per heavy atom. The summed E-state index contributed by atoms with van der Waals surface area (Å²) in [5.41, 5.74) is 0.320. The smallest absolute Gasteiger partial charge is 0.416 e. The molecule has 4 aromatic carbocycles. The molecule has 1 saturated heterocycles. The molecule has 0 radical (unpaired) electrons. The Kier molecular flexibility index (Phi) is 9.17. The van der Waals surface area contributed by atoms with Gasteiger partial charge in [-0.25, -0.2) is 0 Å². The number of hydrogen-bond donors (Lipinski definition) is 1. The zero-order valence-electron chi connectivity index (χ0n) is 23.1. The summed E-state index contributed by atoms with van der Waals surface area (Å²) in [7, 11) is 0. The molecule has 44 heavy (non-hydrogen) atoms. The normalized spacial score (nSPS) is 14.4. The Bertz CT molecular complexity index is 1790. The summed E-state index contributed by atoms with van der Waals surface area (Å²) in [6, 6.07) is 21.2. The molecule has 226 valence electrons. The van der Waals surface area contributed by atoms with Crippen LogP contribution in [0.15, 0.2) is 83.8 Å². The van der Waals surface area contributed by atoms with Crippen LogP contribution in [-0.2, 0) is 22.4 Å². The number of anilines is 1. The number of rotatable bonds is 9. The predicted molar refractivity (Wildman–Crippen MR) is 164 cm³/mol. The van der Waals surface area contributed by atoms with E-state index in [1.54, 1.807) is 19.1 Å². The van der Waals surface area contributed by atoms with Gasteiger partial charge in [-0.05, 0) is 83.1 Å². The number of benzene rings is 4. The fraction of sp³-hybridized carbons (Fsp3) is 0.156. The molecular formula is C32H24ClF3N2O5S. The van der Waals surface area contributed by atoms with Crippen molar-refractivity contribution in [2.24, 2.45) is 0 Å². The van der Waals surface area contributed by atoms with E-state index in [0.29, 0.717) is 40.3 Å². The predicted octanol–water partition coefficient (Wildman–Crippen LogP) is 8.16. The number of alkyl halides is 3. The lowest BCUT2D eigenvalue weighted by atomic mass is 10.1. The number of imide groups is 1. The summed E-state index contributed by atoms with van der Waals surface area (Å²) in [5, 5.41) is 3.99. The summed E-state index contributed by atoms with van der Waals surface area (Å²) >= 11 is 7.19. The molecule has 1 aliphatic heterocycles. The number of carbonyl (C=O) groups excluding carboxylic acids is 3. The van der Waals surface area contributed by atoms with Gasteiger partial charge in [0.15, 0.2) is 11.5 Å². The highest BCUT2D eigenvalue weighted by atomic mass is 35.5. The molecule has 1 fully saturated rings. The molecular weight excluding hydrogens is 617 g/mol. The molecule has 1 heterocycles. The van der Waals surface area contributed by atoms with E-state index in [-0.39, 0.29) is 22.2 Å². The zero-order chi connectivity index (χ0) is 31.4. The average molecular weight is 641 g/mol. The van der Waals surface area contributed by atoms with Crippen molar-refractivity contribution in [3.05, 3.63) is 105 Å². The average Bonchev–Trinajstić information content (AvgIpc) is 3.23. The molecule has 0 unspecified atom stereocenters. The minimum atomic E-state index is -4.59. The van der Waals surface area contributed by atoms with E-state index >= 15 is 0 Å². The van der Waals surface area contributed by atoms with E-state index in [1.807, 2.05) is 42.5 Å². The Morgan fingerprint density at radius 3 is 2.50 bits per heavy atom. The zero-order valence-corrected chi connectivity index (χ0v) is 24.7. The number of ether oxygens (including phenoxy) is 2. The quantitative estimate of drug-likeness (QED) is 0.186. The van der Waals surface area contributed by atoms with Gasteiger partial charge in [-0.15, -0.1) is 0 Å². The van der Waals surface area contributed by atoms with Crippen molar-refractivity contribution in [2.75, 3.05) is 18.5 Å². The number of fused-ring (bicyclic) bond motifs is 1. The molecule has 1 N–H and O–H groups in total. The number of nitrogens with one attached hydrogen (secondary N) is 1. The van der Waals surface area contributed by atoms with Crippen LogP contribution in [0, 0.1) is 0 Å². The number of hydrogen-bond acceptors (Lipinski definition) is 6. The third-order valence-corrected chi connectivity index (χ3v) is 7.66. The molecule has 0 spiro atoms. The Hall–Kier alpha value is -4.48. The molecule has 0 aromatic heterocycles.